The van der Waals surface area contributed by atoms with Crippen LogP contribution in [0.4, 0.5) is 5.13 Å². The van der Waals surface area contributed by atoms with Gasteiger partial charge >= 0.3 is 5.97 Å². The molecule has 1 aromatic heterocycles. The summed E-state index contributed by atoms with van der Waals surface area (Å²) in [5.74, 6) is 0.175. The van der Waals surface area contributed by atoms with Crippen molar-refractivity contribution in [2.24, 2.45) is 0 Å². The topological polar surface area (TPSA) is 90.4 Å². The summed E-state index contributed by atoms with van der Waals surface area (Å²) < 4.78 is 10.8. The lowest BCUT2D eigenvalue weighted by Crippen LogP contribution is -2.26. The maximum absolute atomic E-state index is 12.0. The summed E-state index contributed by atoms with van der Waals surface area (Å²) in [6.45, 7) is 0.629. The second kappa shape index (κ2) is 8.41. The van der Waals surface area contributed by atoms with Crippen LogP contribution in [-0.2, 0) is 20.0 Å². The average Bonchev–Trinajstić information content (AvgIpc) is 3.31. The minimum atomic E-state index is -0.381. The molecule has 1 aliphatic rings. The number of hydrogen-bond donors (Lipinski definition) is 1. The molecule has 1 saturated heterocycles. The van der Waals surface area contributed by atoms with Crippen LogP contribution < -0.4 is 5.32 Å². The molecule has 0 spiro atoms. The molecule has 3 rings (SSSR count). The maximum Gasteiger partial charge on any atom is 0.337 e. The molecule has 7 nitrogen and oxygen atoms in total. The molecule has 132 valence electrons. The largest absolute Gasteiger partial charge is 0.465 e. The Morgan fingerprint density at radius 1 is 1.36 bits per heavy atom. The van der Waals surface area contributed by atoms with Gasteiger partial charge in [0.05, 0.1) is 12.7 Å². The number of nitrogens with zero attached hydrogens (tertiary/aromatic N) is 2. The molecule has 25 heavy (non-hydrogen) atoms. The number of aromatic nitrogens is 2. The van der Waals surface area contributed by atoms with Crippen molar-refractivity contribution in [1.82, 2.24) is 10.2 Å². The molecule has 1 fully saturated rings. The number of methoxy groups -OCH3 is 1. The zero-order valence-electron chi connectivity index (χ0n) is 13.6. The first-order valence-corrected chi connectivity index (χ1v) is 9.52. The van der Waals surface area contributed by atoms with E-state index in [9.17, 15) is 9.59 Å². The molecule has 9 heteroatoms. The van der Waals surface area contributed by atoms with Crippen LogP contribution in [0, 0.1) is 0 Å². The van der Waals surface area contributed by atoms with Crippen LogP contribution in [0.1, 0.15) is 28.8 Å². The molecule has 1 N–H and O–H groups in total. The summed E-state index contributed by atoms with van der Waals surface area (Å²) in [6, 6.07) is 7.21. The Labute approximate surface area is 153 Å². The van der Waals surface area contributed by atoms with Gasteiger partial charge in [-0.25, -0.2) is 4.79 Å². The smallest absolute Gasteiger partial charge is 0.337 e. The zero-order chi connectivity index (χ0) is 17.6. The number of carbonyl (C=O) groups is 2. The number of rotatable bonds is 6. The van der Waals surface area contributed by atoms with E-state index in [1.54, 1.807) is 12.1 Å². The predicted molar refractivity (Wildman–Crippen MR) is 94.9 cm³/mol. The number of carbonyl (C=O) groups excluding carboxylic acids is 2. The lowest BCUT2D eigenvalue weighted by Gasteiger charge is -2.06. The summed E-state index contributed by atoms with van der Waals surface area (Å²) in [6.07, 6.45) is 1.27. The SMILES string of the molecule is COC(=O)c1ccc(CSc2nnc(NC(=O)[C@H]3CCCO3)s2)cc1. The minimum Gasteiger partial charge on any atom is -0.465 e. The Morgan fingerprint density at radius 2 is 2.16 bits per heavy atom. The van der Waals surface area contributed by atoms with Crippen LogP contribution >= 0.6 is 23.1 Å². The maximum atomic E-state index is 12.0. The lowest BCUT2D eigenvalue weighted by molar-refractivity contribution is -0.124. The van der Waals surface area contributed by atoms with Gasteiger partial charge in [0.15, 0.2) is 4.34 Å². The Hall–Kier alpha value is -1.97. The molecular weight excluding hydrogens is 362 g/mol. The number of thioether (sulfide) groups is 1. The van der Waals surface area contributed by atoms with Crippen molar-refractivity contribution in [3.8, 4) is 0 Å². The normalized spacial score (nSPS) is 16.6. The number of hydrogen-bond acceptors (Lipinski definition) is 8. The van der Waals surface area contributed by atoms with Crippen molar-refractivity contribution >= 4 is 40.1 Å². The molecule has 0 saturated carbocycles. The van der Waals surface area contributed by atoms with Gasteiger partial charge in [-0.1, -0.05) is 35.2 Å². The monoisotopic (exact) mass is 379 g/mol. The summed E-state index contributed by atoms with van der Waals surface area (Å²) in [5, 5.41) is 11.3. The third kappa shape index (κ3) is 4.77. The Kier molecular flexibility index (Phi) is 6.00. The molecule has 0 unspecified atom stereocenters. The average molecular weight is 379 g/mol. The third-order valence-electron chi connectivity index (χ3n) is 3.60. The highest BCUT2D eigenvalue weighted by molar-refractivity contribution is 8.00. The van der Waals surface area contributed by atoms with E-state index in [1.165, 1.54) is 30.2 Å². The van der Waals surface area contributed by atoms with Gasteiger partial charge in [-0.15, -0.1) is 10.2 Å². The number of anilines is 1. The fourth-order valence-corrected chi connectivity index (χ4v) is 4.00. The van der Waals surface area contributed by atoms with Crippen LogP contribution in [0.5, 0.6) is 0 Å². The van der Waals surface area contributed by atoms with Crippen LogP contribution in [0.25, 0.3) is 0 Å². The van der Waals surface area contributed by atoms with Crippen LogP contribution in [-0.4, -0.2) is 41.9 Å². The van der Waals surface area contributed by atoms with Gasteiger partial charge in [0.25, 0.3) is 5.91 Å². The van der Waals surface area contributed by atoms with Crippen molar-refractivity contribution in [2.45, 2.75) is 29.0 Å². The van der Waals surface area contributed by atoms with E-state index in [2.05, 4.69) is 20.3 Å². The summed E-state index contributed by atoms with van der Waals surface area (Å²) in [7, 11) is 1.36. The van der Waals surface area contributed by atoms with Gasteiger partial charge in [0.2, 0.25) is 5.13 Å². The van der Waals surface area contributed by atoms with E-state index < -0.39 is 0 Å². The molecule has 1 atom stereocenters. The quantitative estimate of drug-likeness (QED) is 0.469. The molecular formula is C16H17N3O4S2. The zero-order valence-corrected chi connectivity index (χ0v) is 15.2. The minimum absolute atomic E-state index is 0.163. The van der Waals surface area contributed by atoms with Gasteiger partial charge in [-0.2, -0.15) is 0 Å². The van der Waals surface area contributed by atoms with E-state index >= 15 is 0 Å². The lowest BCUT2D eigenvalue weighted by atomic mass is 10.1. The predicted octanol–water partition coefficient (Wildman–Crippen LogP) is 2.73. The summed E-state index contributed by atoms with van der Waals surface area (Å²) >= 11 is 2.85. The Bertz CT molecular complexity index is 742. The van der Waals surface area contributed by atoms with Gasteiger partial charge in [-0.3, -0.25) is 10.1 Å². The second-order valence-corrected chi connectivity index (χ2v) is 7.54. The first-order chi connectivity index (χ1) is 12.2. The molecule has 0 bridgehead atoms. The van der Waals surface area contributed by atoms with Crippen LogP contribution in [0.3, 0.4) is 0 Å². The first-order valence-electron chi connectivity index (χ1n) is 7.72. The molecule has 0 radical (unpaired) electrons. The third-order valence-corrected chi connectivity index (χ3v) is 5.64. The summed E-state index contributed by atoms with van der Waals surface area (Å²) in [5.41, 5.74) is 1.57. The fraction of sp³-hybridized carbons (Fsp3) is 0.375. The number of benzene rings is 1. The van der Waals surface area contributed by atoms with Crippen molar-refractivity contribution in [1.29, 1.82) is 0 Å². The number of nitrogens with one attached hydrogen (secondary N) is 1. The number of esters is 1. The van der Waals surface area contributed by atoms with Crippen LogP contribution in [0.2, 0.25) is 0 Å². The first kappa shape index (κ1) is 17.8. The van der Waals surface area contributed by atoms with Crippen molar-refractivity contribution in [3.05, 3.63) is 35.4 Å². The van der Waals surface area contributed by atoms with Gasteiger partial charge in [-0.05, 0) is 30.5 Å². The standard InChI is InChI=1S/C16H17N3O4S2/c1-22-14(21)11-6-4-10(5-7-11)9-24-16-19-18-15(25-16)17-13(20)12-3-2-8-23-12/h4-7,12H,2-3,8-9H2,1H3,(H,17,18,20)/t12-/m1/s1. The van der Waals surface area contributed by atoms with E-state index in [1.807, 2.05) is 12.1 Å². The molecule has 0 aliphatic carbocycles. The van der Waals surface area contributed by atoms with E-state index in [-0.39, 0.29) is 18.0 Å². The number of amides is 1. The molecule has 2 heterocycles. The second-order valence-electron chi connectivity index (χ2n) is 5.34. The highest BCUT2D eigenvalue weighted by Gasteiger charge is 2.24. The molecule has 1 aromatic carbocycles. The fourth-order valence-electron chi connectivity index (χ4n) is 2.29. The van der Waals surface area contributed by atoms with E-state index in [4.69, 9.17) is 4.74 Å². The van der Waals surface area contributed by atoms with E-state index in [0.717, 1.165) is 22.7 Å². The molecule has 1 amide bonds. The molecule has 2 aromatic rings. The van der Waals surface area contributed by atoms with Gasteiger partial charge < -0.3 is 9.47 Å². The van der Waals surface area contributed by atoms with Crippen molar-refractivity contribution < 1.29 is 19.1 Å². The van der Waals surface area contributed by atoms with Crippen molar-refractivity contribution in [3.63, 3.8) is 0 Å². The molecule has 1 aliphatic heterocycles. The van der Waals surface area contributed by atoms with Crippen LogP contribution in [0.15, 0.2) is 28.6 Å². The van der Waals surface area contributed by atoms with Gasteiger partial charge in [0.1, 0.15) is 6.10 Å². The Morgan fingerprint density at radius 3 is 2.84 bits per heavy atom. The highest BCUT2D eigenvalue weighted by atomic mass is 32.2. The highest BCUT2D eigenvalue weighted by Crippen LogP contribution is 2.28. The summed E-state index contributed by atoms with van der Waals surface area (Å²) in [4.78, 5) is 23.4. The Balaban J connectivity index is 1.51. The van der Waals surface area contributed by atoms with Crippen molar-refractivity contribution in [2.75, 3.05) is 19.0 Å². The number of ether oxygens (including phenoxy) is 2. The van der Waals surface area contributed by atoms with Gasteiger partial charge in [0, 0.05) is 12.4 Å². The van der Waals surface area contributed by atoms with E-state index in [0.29, 0.717) is 23.1 Å².